The molecule has 0 aliphatic carbocycles. The molecule has 1 unspecified atom stereocenters. The highest BCUT2D eigenvalue weighted by Gasteiger charge is 2.18. The zero-order valence-electron chi connectivity index (χ0n) is 12.4. The minimum Gasteiger partial charge on any atom is -0.310 e. The first-order valence-electron chi connectivity index (χ1n) is 6.86. The van der Waals surface area contributed by atoms with Crippen molar-refractivity contribution in [3.8, 4) is 0 Å². The quantitative estimate of drug-likeness (QED) is 0.921. The fraction of sp³-hybridized carbons (Fsp3) is 0.467. The molecule has 0 aliphatic heterocycles. The van der Waals surface area contributed by atoms with Gasteiger partial charge in [0.25, 0.3) is 0 Å². The molecular weight excluding hydrogens is 272 g/mol. The maximum atomic E-state index is 6.34. The molecule has 2 aromatic rings. The third-order valence-electron chi connectivity index (χ3n) is 3.45. The Bertz CT molecular complexity index is 592. The molecule has 0 spiro atoms. The number of likely N-dealkylation sites (N-methyl/N-ethyl adjacent to an activating group) is 1. The Morgan fingerprint density at radius 3 is 2.70 bits per heavy atom. The van der Waals surface area contributed by atoms with Gasteiger partial charge in [-0.2, -0.15) is 5.10 Å². The van der Waals surface area contributed by atoms with Gasteiger partial charge in [0.15, 0.2) is 0 Å². The van der Waals surface area contributed by atoms with Crippen LogP contribution in [-0.2, 0) is 13.5 Å². The average molecular weight is 293 g/mol. The molecule has 4 nitrogen and oxygen atoms in total. The summed E-state index contributed by atoms with van der Waals surface area (Å²) in [5.41, 5.74) is 4.36. The minimum absolute atomic E-state index is 0.224. The van der Waals surface area contributed by atoms with Crippen LogP contribution in [0.15, 0.2) is 18.3 Å². The summed E-state index contributed by atoms with van der Waals surface area (Å²) in [6, 6.07) is 4.40. The van der Waals surface area contributed by atoms with Crippen molar-refractivity contribution in [2.45, 2.75) is 33.2 Å². The number of nitrogens with zero attached hydrogens (tertiary/aromatic N) is 3. The summed E-state index contributed by atoms with van der Waals surface area (Å²) in [5, 5.41) is 8.61. The Morgan fingerprint density at radius 2 is 2.15 bits per heavy atom. The summed E-state index contributed by atoms with van der Waals surface area (Å²) in [6.45, 7) is 7.03. The molecule has 0 bridgehead atoms. The van der Waals surface area contributed by atoms with E-state index >= 15 is 0 Å². The summed E-state index contributed by atoms with van der Waals surface area (Å²) in [4.78, 5) is 4.26. The molecule has 0 saturated heterocycles. The SMILES string of the molecule is CCNC(Cc1c(C)nn(C)c1Cl)c1ccnc(C)c1. The van der Waals surface area contributed by atoms with Crippen LogP contribution in [0, 0.1) is 13.8 Å². The third kappa shape index (κ3) is 3.19. The van der Waals surface area contributed by atoms with Gasteiger partial charge in [0.2, 0.25) is 0 Å². The first-order valence-corrected chi connectivity index (χ1v) is 7.24. The van der Waals surface area contributed by atoms with Gasteiger partial charge >= 0.3 is 0 Å². The summed E-state index contributed by atoms with van der Waals surface area (Å²) in [6.07, 6.45) is 2.68. The van der Waals surface area contributed by atoms with Crippen molar-refractivity contribution in [1.29, 1.82) is 0 Å². The highest BCUT2D eigenvalue weighted by Crippen LogP contribution is 2.25. The first kappa shape index (κ1) is 15.0. The van der Waals surface area contributed by atoms with E-state index < -0.39 is 0 Å². The Kier molecular flexibility index (Phi) is 4.78. The van der Waals surface area contributed by atoms with Gasteiger partial charge in [0, 0.05) is 30.5 Å². The minimum atomic E-state index is 0.224. The van der Waals surface area contributed by atoms with Gasteiger partial charge < -0.3 is 5.32 Å². The molecule has 0 fully saturated rings. The van der Waals surface area contributed by atoms with E-state index in [1.807, 2.05) is 27.1 Å². The van der Waals surface area contributed by atoms with Crippen molar-refractivity contribution in [3.05, 3.63) is 46.0 Å². The molecule has 0 radical (unpaired) electrons. The predicted molar refractivity (Wildman–Crippen MR) is 82.1 cm³/mol. The number of hydrogen-bond acceptors (Lipinski definition) is 3. The fourth-order valence-electron chi connectivity index (χ4n) is 2.45. The van der Waals surface area contributed by atoms with E-state index in [1.54, 1.807) is 4.68 Å². The summed E-state index contributed by atoms with van der Waals surface area (Å²) >= 11 is 6.34. The zero-order valence-corrected chi connectivity index (χ0v) is 13.2. The third-order valence-corrected chi connectivity index (χ3v) is 3.92. The molecule has 20 heavy (non-hydrogen) atoms. The second-order valence-electron chi connectivity index (χ2n) is 5.02. The van der Waals surface area contributed by atoms with Crippen LogP contribution in [0.5, 0.6) is 0 Å². The van der Waals surface area contributed by atoms with Crippen LogP contribution in [-0.4, -0.2) is 21.3 Å². The summed E-state index contributed by atoms with van der Waals surface area (Å²) in [5.74, 6) is 0. The Hall–Kier alpha value is -1.39. The van der Waals surface area contributed by atoms with Crippen molar-refractivity contribution in [2.75, 3.05) is 6.54 Å². The first-order chi connectivity index (χ1) is 9.52. The van der Waals surface area contributed by atoms with Crippen LogP contribution in [0.1, 0.15) is 35.5 Å². The van der Waals surface area contributed by atoms with Crippen LogP contribution in [0.2, 0.25) is 5.15 Å². The summed E-state index contributed by atoms with van der Waals surface area (Å²) < 4.78 is 1.73. The smallest absolute Gasteiger partial charge is 0.130 e. The maximum absolute atomic E-state index is 6.34. The number of nitrogens with one attached hydrogen (secondary N) is 1. The van der Waals surface area contributed by atoms with Crippen molar-refractivity contribution in [3.63, 3.8) is 0 Å². The lowest BCUT2D eigenvalue weighted by Gasteiger charge is -2.18. The molecule has 0 aliphatic rings. The predicted octanol–water partition coefficient (Wildman–Crippen LogP) is 2.98. The second kappa shape index (κ2) is 6.37. The molecule has 2 aromatic heterocycles. The average Bonchev–Trinajstić information content (AvgIpc) is 2.64. The number of rotatable bonds is 5. The van der Waals surface area contributed by atoms with Crippen LogP contribution in [0.4, 0.5) is 0 Å². The van der Waals surface area contributed by atoms with Gasteiger partial charge in [0.05, 0.1) is 5.69 Å². The van der Waals surface area contributed by atoms with Gasteiger partial charge in [0.1, 0.15) is 5.15 Å². The molecule has 5 heteroatoms. The van der Waals surface area contributed by atoms with Crippen molar-refractivity contribution >= 4 is 11.6 Å². The number of aromatic nitrogens is 3. The Balaban J connectivity index is 2.30. The van der Waals surface area contributed by atoms with Gasteiger partial charge in [-0.05, 0) is 44.5 Å². The number of halogens is 1. The standard InChI is InChI=1S/C15H21ClN4/c1-5-17-14(12-6-7-18-10(2)8-12)9-13-11(3)19-20(4)15(13)16/h6-8,14,17H,5,9H2,1-4H3. The lowest BCUT2D eigenvalue weighted by molar-refractivity contribution is 0.548. The number of aryl methyl sites for hydroxylation is 3. The molecule has 2 rings (SSSR count). The van der Waals surface area contributed by atoms with E-state index in [0.29, 0.717) is 0 Å². The molecule has 1 atom stereocenters. The van der Waals surface area contributed by atoms with Crippen LogP contribution < -0.4 is 5.32 Å². The summed E-state index contributed by atoms with van der Waals surface area (Å²) in [7, 11) is 1.87. The second-order valence-corrected chi connectivity index (χ2v) is 5.38. The van der Waals surface area contributed by atoms with E-state index in [-0.39, 0.29) is 6.04 Å². The van der Waals surface area contributed by atoms with Crippen molar-refractivity contribution < 1.29 is 0 Å². The molecule has 2 heterocycles. The fourth-order valence-corrected chi connectivity index (χ4v) is 2.70. The molecule has 108 valence electrons. The van der Waals surface area contributed by atoms with Crippen molar-refractivity contribution in [2.24, 2.45) is 7.05 Å². The number of pyridine rings is 1. The topological polar surface area (TPSA) is 42.7 Å². The molecule has 1 N–H and O–H groups in total. The molecule has 0 amide bonds. The van der Waals surface area contributed by atoms with Crippen molar-refractivity contribution in [1.82, 2.24) is 20.1 Å². The van der Waals surface area contributed by atoms with Crippen LogP contribution in [0.3, 0.4) is 0 Å². The van der Waals surface area contributed by atoms with Gasteiger partial charge in [-0.15, -0.1) is 0 Å². The lowest BCUT2D eigenvalue weighted by atomic mass is 9.99. The van der Waals surface area contributed by atoms with E-state index in [9.17, 15) is 0 Å². The normalized spacial score (nSPS) is 12.7. The highest BCUT2D eigenvalue weighted by atomic mass is 35.5. The van der Waals surface area contributed by atoms with E-state index in [1.165, 1.54) is 5.56 Å². The lowest BCUT2D eigenvalue weighted by Crippen LogP contribution is -2.23. The van der Waals surface area contributed by atoms with Gasteiger partial charge in [-0.1, -0.05) is 18.5 Å². The Labute approximate surface area is 125 Å². The molecule has 0 aromatic carbocycles. The maximum Gasteiger partial charge on any atom is 0.130 e. The number of hydrogen-bond donors (Lipinski definition) is 1. The van der Waals surface area contributed by atoms with E-state index in [2.05, 4.69) is 34.5 Å². The van der Waals surface area contributed by atoms with Crippen LogP contribution >= 0.6 is 11.6 Å². The highest BCUT2D eigenvalue weighted by molar-refractivity contribution is 6.30. The largest absolute Gasteiger partial charge is 0.310 e. The molecular formula is C15H21ClN4. The van der Waals surface area contributed by atoms with E-state index in [0.717, 1.165) is 35.1 Å². The van der Waals surface area contributed by atoms with Crippen LogP contribution in [0.25, 0.3) is 0 Å². The zero-order chi connectivity index (χ0) is 14.7. The Morgan fingerprint density at radius 1 is 1.40 bits per heavy atom. The van der Waals surface area contributed by atoms with Gasteiger partial charge in [-0.25, -0.2) is 0 Å². The monoisotopic (exact) mass is 292 g/mol. The molecule has 0 saturated carbocycles. The van der Waals surface area contributed by atoms with E-state index in [4.69, 9.17) is 11.6 Å². The van der Waals surface area contributed by atoms with Gasteiger partial charge in [-0.3, -0.25) is 9.67 Å².